The number of aryl methyl sites for hydroxylation is 1. The number of methoxy groups -OCH3 is 1. The lowest BCUT2D eigenvalue weighted by Gasteiger charge is -2.21. The fraction of sp³-hybridized carbons (Fsp3) is 0.625. The average molecular weight is 386 g/mol. The van der Waals surface area contributed by atoms with E-state index in [1.54, 1.807) is 11.3 Å². The Balaban J connectivity index is 1.30. The minimum Gasteiger partial charge on any atom is -0.374 e. The maximum atomic E-state index is 5.70. The summed E-state index contributed by atoms with van der Waals surface area (Å²) >= 11 is 1.72. The number of nitrogens with zero attached hydrogens (tertiary/aromatic N) is 1. The first kappa shape index (κ1) is 20.5. The molecule has 1 saturated carbocycles. The number of rotatable bonds is 12. The van der Waals surface area contributed by atoms with Gasteiger partial charge in [0.1, 0.15) is 11.1 Å². The van der Waals surface area contributed by atoms with Gasteiger partial charge in [-0.05, 0) is 43.1 Å². The van der Waals surface area contributed by atoms with Gasteiger partial charge in [0, 0.05) is 18.7 Å². The molecular formula is C24H35NOS. The lowest BCUT2D eigenvalue weighted by Crippen LogP contribution is -2.11. The highest BCUT2D eigenvalue weighted by Crippen LogP contribution is 2.40. The van der Waals surface area contributed by atoms with Gasteiger partial charge in [0.2, 0.25) is 0 Å². The molecule has 0 amide bonds. The van der Waals surface area contributed by atoms with E-state index in [1.807, 2.05) is 13.3 Å². The van der Waals surface area contributed by atoms with Crippen LogP contribution in [0.15, 0.2) is 41.9 Å². The van der Waals surface area contributed by atoms with E-state index in [1.165, 1.54) is 69.8 Å². The normalized spacial score (nSPS) is 20.8. The van der Waals surface area contributed by atoms with Gasteiger partial charge < -0.3 is 4.74 Å². The van der Waals surface area contributed by atoms with E-state index in [0.29, 0.717) is 0 Å². The lowest BCUT2D eigenvalue weighted by atomic mass is 9.86. The molecule has 27 heavy (non-hydrogen) atoms. The zero-order valence-electron chi connectivity index (χ0n) is 16.8. The molecule has 0 aliphatic heterocycles. The number of thiazole rings is 1. The van der Waals surface area contributed by atoms with Crippen LogP contribution in [0.25, 0.3) is 0 Å². The first-order valence-corrected chi connectivity index (χ1v) is 11.7. The van der Waals surface area contributed by atoms with E-state index in [4.69, 9.17) is 4.74 Å². The third-order valence-corrected chi connectivity index (χ3v) is 7.13. The Labute approximate surface area is 169 Å². The molecular weight excluding hydrogens is 350 g/mol. The highest BCUT2D eigenvalue weighted by Gasteiger charge is 2.27. The highest BCUT2D eigenvalue weighted by molar-refractivity contribution is 7.09. The molecule has 1 heterocycles. The van der Waals surface area contributed by atoms with Crippen molar-refractivity contribution in [2.24, 2.45) is 11.8 Å². The summed E-state index contributed by atoms with van der Waals surface area (Å²) in [6, 6.07) is 10.9. The van der Waals surface area contributed by atoms with Gasteiger partial charge >= 0.3 is 0 Å². The molecule has 0 bridgehead atoms. The maximum absolute atomic E-state index is 5.70. The minimum absolute atomic E-state index is 0.198. The van der Waals surface area contributed by atoms with Gasteiger partial charge in [0.15, 0.2) is 0 Å². The van der Waals surface area contributed by atoms with Crippen molar-refractivity contribution < 1.29 is 4.74 Å². The summed E-state index contributed by atoms with van der Waals surface area (Å²) in [5, 5.41) is 3.20. The smallest absolute Gasteiger partial charge is 0.121 e. The van der Waals surface area contributed by atoms with Crippen molar-refractivity contribution in [2.45, 2.75) is 76.7 Å². The minimum atomic E-state index is 0.198. The Hall–Kier alpha value is -1.19. The Bertz CT molecular complexity index is 613. The van der Waals surface area contributed by atoms with Gasteiger partial charge in [0.25, 0.3) is 0 Å². The van der Waals surface area contributed by atoms with Crippen LogP contribution in [0.3, 0.4) is 0 Å². The summed E-state index contributed by atoms with van der Waals surface area (Å²) in [7, 11) is 1.83. The van der Waals surface area contributed by atoms with E-state index < -0.39 is 0 Å². The van der Waals surface area contributed by atoms with Crippen molar-refractivity contribution in [1.29, 1.82) is 0 Å². The number of aromatic nitrogens is 1. The van der Waals surface area contributed by atoms with E-state index in [2.05, 4.69) is 40.7 Å². The third-order valence-electron chi connectivity index (χ3n) is 6.26. The Morgan fingerprint density at radius 3 is 2.56 bits per heavy atom. The van der Waals surface area contributed by atoms with Crippen molar-refractivity contribution in [3.8, 4) is 0 Å². The molecule has 2 unspecified atom stereocenters. The Kier molecular flexibility index (Phi) is 8.83. The van der Waals surface area contributed by atoms with Crippen LogP contribution >= 0.6 is 11.3 Å². The second-order valence-electron chi connectivity index (χ2n) is 8.06. The van der Waals surface area contributed by atoms with Gasteiger partial charge in [0.05, 0.1) is 0 Å². The first-order valence-electron chi connectivity index (χ1n) is 10.8. The summed E-state index contributed by atoms with van der Waals surface area (Å²) in [4.78, 5) is 4.45. The molecule has 1 fully saturated rings. The quantitative estimate of drug-likeness (QED) is 0.360. The molecule has 2 aromatic rings. The number of ether oxygens (including phenoxy) is 1. The molecule has 0 spiro atoms. The summed E-state index contributed by atoms with van der Waals surface area (Å²) in [6.45, 7) is 0. The zero-order chi connectivity index (χ0) is 18.7. The fourth-order valence-corrected chi connectivity index (χ4v) is 5.46. The molecule has 0 saturated heterocycles. The van der Waals surface area contributed by atoms with Crippen molar-refractivity contribution in [3.05, 3.63) is 52.5 Å². The van der Waals surface area contributed by atoms with Crippen LogP contribution in [0.1, 0.15) is 80.9 Å². The molecule has 1 aromatic heterocycles. The molecule has 1 aliphatic carbocycles. The van der Waals surface area contributed by atoms with E-state index in [0.717, 1.165) is 23.3 Å². The topological polar surface area (TPSA) is 22.1 Å². The fourth-order valence-electron chi connectivity index (χ4n) is 4.71. The van der Waals surface area contributed by atoms with Gasteiger partial charge in [-0.25, -0.2) is 4.98 Å². The molecule has 3 heteroatoms. The summed E-state index contributed by atoms with van der Waals surface area (Å²) in [5.41, 5.74) is 1.49. The summed E-state index contributed by atoms with van der Waals surface area (Å²) in [6.07, 6.45) is 17.0. The molecule has 2 nitrogen and oxygen atoms in total. The highest BCUT2D eigenvalue weighted by atomic mass is 32.1. The molecule has 1 aromatic carbocycles. The molecule has 0 radical (unpaired) electrons. The monoisotopic (exact) mass is 385 g/mol. The molecule has 148 valence electrons. The van der Waals surface area contributed by atoms with Crippen LogP contribution in [0.4, 0.5) is 0 Å². The molecule has 3 rings (SSSR count). The van der Waals surface area contributed by atoms with Crippen molar-refractivity contribution in [3.63, 3.8) is 0 Å². The van der Waals surface area contributed by atoms with Gasteiger partial charge in [-0.3, -0.25) is 0 Å². The summed E-state index contributed by atoms with van der Waals surface area (Å²) < 4.78 is 5.70. The van der Waals surface area contributed by atoms with Gasteiger partial charge in [-0.1, -0.05) is 75.3 Å². The average Bonchev–Trinajstić information content (AvgIpc) is 3.38. The van der Waals surface area contributed by atoms with Crippen LogP contribution in [-0.4, -0.2) is 12.1 Å². The van der Waals surface area contributed by atoms with E-state index in [9.17, 15) is 0 Å². The SMILES string of the molecule is COC(CC[C@H]1CCCC1CCCCCCc1ccccc1)c1nccs1. The van der Waals surface area contributed by atoms with Crippen LogP contribution in [0.2, 0.25) is 0 Å². The van der Waals surface area contributed by atoms with Crippen molar-refractivity contribution in [1.82, 2.24) is 4.98 Å². The molecule has 0 N–H and O–H groups in total. The van der Waals surface area contributed by atoms with Crippen molar-refractivity contribution >= 4 is 11.3 Å². The number of benzene rings is 1. The Morgan fingerprint density at radius 2 is 1.81 bits per heavy atom. The first-order chi connectivity index (χ1) is 13.4. The third kappa shape index (κ3) is 6.73. The van der Waals surface area contributed by atoms with Gasteiger partial charge in [-0.15, -0.1) is 11.3 Å². The second kappa shape index (κ2) is 11.6. The Morgan fingerprint density at radius 1 is 1.04 bits per heavy atom. The van der Waals surface area contributed by atoms with E-state index >= 15 is 0 Å². The van der Waals surface area contributed by atoms with Crippen molar-refractivity contribution in [2.75, 3.05) is 7.11 Å². The largest absolute Gasteiger partial charge is 0.374 e. The van der Waals surface area contributed by atoms with Crippen LogP contribution in [0.5, 0.6) is 0 Å². The second-order valence-corrected chi connectivity index (χ2v) is 8.99. The van der Waals surface area contributed by atoms with Crippen LogP contribution in [0, 0.1) is 11.8 Å². The molecule has 3 atom stereocenters. The molecule has 1 aliphatic rings. The lowest BCUT2D eigenvalue weighted by molar-refractivity contribution is 0.0864. The van der Waals surface area contributed by atoms with Crippen LogP contribution in [-0.2, 0) is 11.2 Å². The summed E-state index contributed by atoms with van der Waals surface area (Å²) in [5.74, 6) is 1.86. The van der Waals surface area contributed by atoms with Gasteiger partial charge in [-0.2, -0.15) is 0 Å². The number of hydrogen-bond donors (Lipinski definition) is 0. The predicted molar refractivity (Wildman–Crippen MR) is 115 cm³/mol. The number of unbranched alkanes of at least 4 members (excludes halogenated alkanes) is 3. The maximum Gasteiger partial charge on any atom is 0.121 e. The van der Waals surface area contributed by atoms with E-state index in [-0.39, 0.29) is 6.10 Å². The number of hydrogen-bond acceptors (Lipinski definition) is 3. The zero-order valence-corrected chi connectivity index (χ0v) is 17.6. The van der Waals surface area contributed by atoms with Crippen LogP contribution < -0.4 is 0 Å². The standard InChI is InChI=1S/C24H35NOS/c1-26-23(24-25-18-19-27-24)17-16-22-15-9-14-21(22)13-8-3-2-5-10-20-11-6-4-7-12-20/h4,6-7,11-12,18-19,21-23H,2-3,5,8-10,13-17H2,1H3/t21?,22-,23?/m1/s1. The predicted octanol–water partition coefficient (Wildman–Crippen LogP) is 7.22.